The number of rotatable bonds is 18. The van der Waals surface area contributed by atoms with Crippen molar-refractivity contribution >= 4 is 5.78 Å². The van der Waals surface area contributed by atoms with E-state index >= 15 is 0 Å². The van der Waals surface area contributed by atoms with Crippen molar-refractivity contribution in [2.75, 3.05) is 0 Å². The number of carbonyl (C=O) groups is 1. The van der Waals surface area contributed by atoms with Crippen molar-refractivity contribution in [3.8, 4) is 0 Å². The van der Waals surface area contributed by atoms with Crippen LogP contribution in [-0.4, -0.2) is 5.78 Å². The molecule has 0 unspecified atom stereocenters. The van der Waals surface area contributed by atoms with Gasteiger partial charge in [0.15, 0.2) is 0 Å². The molecule has 0 aromatic rings. The fraction of sp³-hybridized carbons (Fsp3) is 0.567. The Morgan fingerprint density at radius 2 is 0.935 bits per heavy atom. The molecule has 0 N–H and O–H groups in total. The summed E-state index contributed by atoms with van der Waals surface area (Å²) in [5.74, 6) is 2.08. The predicted octanol–water partition coefficient (Wildman–Crippen LogP) is 9.35. The molecule has 0 heterocycles. The average molecular weight is 425 g/mol. The van der Waals surface area contributed by atoms with Crippen LogP contribution in [0.15, 0.2) is 72.9 Å². The van der Waals surface area contributed by atoms with E-state index in [1.54, 1.807) is 0 Å². The number of ketones is 1. The topological polar surface area (TPSA) is 17.1 Å². The van der Waals surface area contributed by atoms with E-state index in [-0.39, 0.29) is 0 Å². The first kappa shape index (κ1) is 29.1. The number of hydrogen-bond acceptors (Lipinski definition) is 1. The first-order valence-electron chi connectivity index (χ1n) is 12.4. The molecular formula is C30H48O. The summed E-state index contributed by atoms with van der Waals surface area (Å²) in [5.41, 5.74) is 0. The highest BCUT2D eigenvalue weighted by molar-refractivity contribution is 5.78. The van der Waals surface area contributed by atoms with Gasteiger partial charge >= 0.3 is 0 Å². The number of Topliss-reactive ketones (excluding diaryl/α,β-unsaturated/α-hetero) is 1. The summed E-state index contributed by atoms with van der Waals surface area (Å²) < 4.78 is 0. The first-order valence-corrected chi connectivity index (χ1v) is 12.4. The molecule has 0 aromatic carbocycles. The van der Waals surface area contributed by atoms with Crippen molar-refractivity contribution in [1.29, 1.82) is 0 Å². The highest BCUT2D eigenvalue weighted by atomic mass is 16.1. The third kappa shape index (κ3) is 19.8. The Morgan fingerprint density at radius 3 is 1.29 bits per heavy atom. The van der Waals surface area contributed by atoms with Gasteiger partial charge in [-0.2, -0.15) is 0 Å². The van der Waals surface area contributed by atoms with Crippen LogP contribution in [0.25, 0.3) is 0 Å². The van der Waals surface area contributed by atoms with Crippen LogP contribution in [0.1, 0.15) is 92.4 Å². The van der Waals surface area contributed by atoms with Crippen molar-refractivity contribution in [3.05, 3.63) is 72.9 Å². The summed E-state index contributed by atoms with van der Waals surface area (Å²) in [7, 11) is 0. The standard InChI is InChI=1S/C30H48O/c1-6-7-8-9-10-11-12-13-14-15-16-17-18-19-20-21-22-23-24-25-29(31)26-30(27(2)3)28(4)5/h7-8,10-11,13-14,16-17,19-20,22-23,27-28,30H,6,9,12,15,18,21,24-26H2,1-5H3/b8-7-,11-10-,14-13-,17-16-,20-19-,23-22-. The number of hydrogen-bond donors (Lipinski definition) is 0. The Bertz CT molecular complexity index is 588. The average Bonchev–Trinajstić information content (AvgIpc) is 2.73. The van der Waals surface area contributed by atoms with Crippen LogP contribution in [0, 0.1) is 17.8 Å². The minimum Gasteiger partial charge on any atom is -0.300 e. The molecular weight excluding hydrogens is 376 g/mol. The second-order valence-electron chi connectivity index (χ2n) is 8.85. The second-order valence-corrected chi connectivity index (χ2v) is 8.85. The van der Waals surface area contributed by atoms with Gasteiger partial charge in [-0.15, -0.1) is 0 Å². The lowest BCUT2D eigenvalue weighted by Crippen LogP contribution is -2.19. The highest BCUT2D eigenvalue weighted by Crippen LogP contribution is 2.25. The van der Waals surface area contributed by atoms with E-state index in [9.17, 15) is 4.79 Å². The summed E-state index contributed by atoms with van der Waals surface area (Å²) in [6.07, 6.45) is 34.8. The molecule has 0 radical (unpaired) electrons. The van der Waals surface area contributed by atoms with Crippen LogP contribution < -0.4 is 0 Å². The van der Waals surface area contributed by atoms with Gasteiger partial charge < -0.3 is 0 Å². The van der Waals surface area contributed by atoms with E-state index in [2.05, 4.69) is 108 Å². The van der Waals surface area contributed by atoms with Crippen LogP contribution in [-0.2, 0) is 4.79 Å². The minimum atomic E-state index is 0.409. The summed E-state index contributed by atoms with van der Waals surface area (Å²) >= 11 is 0. The molecule has 0 aromatic heterocycles. The van der Waals surface area contributed by atoms with Gasteiger partial charge in [-0.05, 0) is 62.7 Å². The summed E-state index contributed by atoms with van der Waals surface area (Å²) in [6, 6.07) is 0. The molecule has 0 aliphatic carbocycles. The van der Waals surface area contributed by atoms with Crippen molar-refractivity contribution in [1.82, 2.24) is 0 Å². The monoisotopic (exact) mass is 424 g/mol. The lowest BCUT2D eigenvalue weighted by atomic mass is 9.81. The third-order valence-electron chi connectivity index (χ3n) is 5.36. The molecule has 0 spiro atoms. The quantitative estimate of drug-likeness (QED) is 0.200. The third-order valence-corrected chi connectivity index (χ3v) is 5.36. The largest absolute Gasteiger partial charge is 0.300 e. The van der Waals surface area contributed by atoms with E-state index in [0.717, 1.165) is 51.4 Å². The molecule has 174 valence electrons. The lowest BCUT2D eigenvalue weighted by molar-refractivity contribution is -0.120. The van der Waals surface area contributed by atoms with Gasteiger partial charge in [0.25, 0.3) is 0 Å². The summed E-state index contributed by atoms with van der Waals surface area (Å²) in [6.45, 7) is 11.1. The normalized spacial score (nSPS) is 13.4. The zero-order valence-electron chi connectivity index (χ0n) is 20.9. The Balaban J connectivity index is 3.75. The molecule has 1 heteroatoms. The highest BCUT2D eigenvalue weighted by Gasteiger charge is 2.20. The van der Waals surface area contributed by atoms with E-state index in [1.165, 1.54) is 0 Å². The molecule has 0 saturated heterocycles. The fourth-order valence-electron chi connectivity index (χ4n) is 3.49. The SMILES string of the molecule is CC/C=C\C/C=C\C/C=C\C/C=C\C/C=C\C/C=C\CCC(=O)CC(C(C)C)C(C)C. The fourth-order valence-corrected chi connectivity index (χ4v) is 3.49. The maximum absolute atomic E-state index is 12.2. The molecule has 0 amide bonds. The van der Waals surface area contributed by atoms with Crippen LogP contribution in [0.2, 0.25) is 0 Å². The van der Waals surface area contributed by atoms with Gasteiger partial charge in [0.1, 0.15) is 5.78 Å². The summed E-state index contributed by atoms with van der Waals surface area (Å²) in [4.78, 5) is 12.2. The zero-order valence-corrected chi connectivity index (χ0v) is 20.9. The van der Waals surface area contributed by atoms with Crippen LogP contribution >= 0.6 is 0 Å². The van der Waals surface area contributed by atoms with Crippen molar-refractivity contribution in [3.63, 3.8) is 0 Å². The van der Waals surface area contributed by atoms with E-state index in [1.807, 2.05) is 0 Å². The Labute approximate surface area is 193 Å². The smallest absolute Gasteiger partial charge is 0.133 e. The van der Waals surface area contributed by atoms with Gasteiger partial charge in [0.05, 0.1) is 0 Å². The van der Waals surface area contributed by atoms with Crippen LogP contribution in [0.3, 0.4) is 0 Å². The molecule has 0 aliphatic rings. The second kappa shape index (κ2) is 21.3. The van der Waals surface area contributed by atoms with Gasteiger partial charge in [0, 0.05) is 12.8 Å². The van der Waals surface area contributed by atoms with Crippen LogP contribution in [0.5, 0.6) is 0 Å². The molecule has 31 heavy (non-hydrogen) atoms. The van der Waals surface area contributed by atoms with E-state index < -0.39 is 0 Å². The lowest BCUT2D eigenvalue weighted by Gasteiger charge is -2.23. The molecule has 0 rings (SSSR count). The molecule has 0 bridgehead atoms. The molecule has 0 aliphatic heterocycles. The van der Waals surface area contributed by atoms with E-state index in [0.29, 0.717) is 30.0 Å². The van der Waals surface area contributed by atoms with Crippen molar-refractivity contribution < 1.29 is 4.79 Å². The Kier molecular flexibility index (Phi) is 20.0. The molecule has 0 fully saturated rings. The Hall–Kier alpha value is -1.89. The molecule has 1 nitrogen and oxygen atoms in total. The van der Waals surface area contributed by atoms with Gasteiger partial charge in [-0.25, -0.2) is 0 Å². The number of allylic oxidation sites excluding steroid dienone is 12. The number of carbonyl (C=O) groups excluding carboxylic acids is 1. The predicted molar refractivity (Wildman–Crippen MR) is 140 cm³/mol. The van der Waals surface area contributed by atoms with Gasteiger partial charge in [-0.1, -0.05) is 108 Å². The Morgan fingerprint density at radius 1 is 0.581 bits per heavy atom. The van der Waals surface area contributed by atoms with Gasteiger partial charge in [0.2, 0.25) is 0 Å². The van der Waals surface area contributed by atoms with Crippen molar-refractivity contribution in [2.45, 2.75) is 92.4 Å². The van der Waals surface area contributed by atoms with Gasteiger partial charge in [-0.3, -0.25) is 4.79 Å². The first-order chi connectivity index (χ1) is 15.0. The maximum atomic E-state index is 12.2. The minimum absolute atomic E-state index is 0.409. The maximum Gasteiger partial charge on any atom is 0.133 e. The molecule has 0 saturated carbocycles. The molecule has 0 atom stereocenters. The van der Waals surface area contributed by atoms with Crippen molar-refractivity contribution in [2.24, 2.45) is 17.8 Å². The van der Waals surface area contributed by atoms with Crippen LogP contribution in [0.4, 0.5) is 0 Å². The zero-order chi connectivity index (χ0) is 23.2. The summed E-state index contributed by atoms with van der Waals surface area (Å²) in [5, 5.41) is 0. The van der Waals surface area contributed by atoms with E-state index in [4.69, 9.17) is 0 Å².